The monoisotopic (exact) mass is 348 g/mol. The maximum atomic E-state index is 12.4. The first-order chi connectivity index (χ1) is 11.5. The van der Waals surface area contributed by atoms with Gasteiger partial charge < -0.3 is 4.90 Å². The van der Waals surface area contributed by atoms with Crippen molar-refractivity contribution in [2.45, 2.75) is 24.8 Å². The van der Waals surface area contributed by atoms with Gasteiger partial charge in [0.1, 0.15) is 5.25 Å². The Bertz CT molecular complexity index is 784. The summed E-state index contributed by atoms with van der Waals surface area (Å²) in [5, 5.41) is 3.50. The zero-order valence-electron chi connectivity index (χ0n) is 13.4. The lowest BCUT2D eigenvalue weighted by Gasteiger charge is -2.39. The van der Waals surface area contributed by atoms with Gasteiger partial charge in [-0.3, -0.25) is 9.48 Å². The number of aromatic nitrogens is 2. The molecule has 0 aliphatic carbocycles. The quantitative estimate of drug-likeness (QED) is 0.833. The minimum atomic E-state index is -3.46. The highest BCUT2D eigenvalue weighted by Gasteiger charge is 2.40. The average molecular weight is 348 g/mol. The van der Waals surface area contributed by atoms with E-state index in [2.05, 4.69) is 9.82 Å². The van der Waals surface area contributed by atoms with Crippen LogP contribution in [0.4, 0.5) is 0 Å². The van der Waals surface area contributed by atoms with Crippen LogP contribution in [0.3, 0.4) is 0 Å². The van der Waals surface area contributed by atoms with E-state index in [4.69, 9.17) is 0 Å². The summed E-state index contributed by atoms with van der Waals surface area (Å²) < 4.78 is 29.1. The highest BCUT2D eigenvalue weighted by atomic mass is 32.2. The summed E-state index contributed by atoms with van der Waals surface area (Å²) in [5.41, 5.74) is 0.577. The number of nitrogens with one attached hydrogen (secondary N) is 1. The second-order valence-corrected chi connectivity index (χ2v) is 7.98. The van der Waals surface area contributed by atoms with Crippen LogP contribution in [-0.2, 0) is 16.6 Å². The molecule has 1 aromatic carbocycles. The first-order valence-corrected chi connectivity index (χ1v) is 9.33. The Kier molecular flexibility index (Phi) is 4.68. The molecule has 1 aliphatic rings. The Morgan fingerprint density at radius 3 is 2.62 bits per heavy atom. The number of likely N-dealkylation sites (tertiary alicyclic amines) is 1. The van der Waals surface area contributed by atoms with Crippen LogP contribution in [0.25, 0.3) is 0 Å². The second kappa shape index (κ2) is 6.74. The van der Waals surface area contributed by atoms with E-state index in [1.807, 2.05) is 6.07 Å². The molecule has 0 spiro atoms. The van der Waals surface area contributed by atoms with Crippen LogP contribution in [0.15, 0.2) is 48.8 Å². The third-order valence-electron chi connectivity index (χ3n) is 3.98. The van der Waals surface area contributed by atoms with Crippen LogP contribution in [0.5, 0.6) is 0 Å². The predicted octanol–water partition coefficient (Wildman–Crippen LogP) is 0.716. The Morgan fingerprint density at radius 2 is 2.00 bits per heavy atom. The molecule has 2 aromatic rings. The standard InChI is InChI=1S/C16H20N4O3S/c1-13(10-20-9-5-8-17-20)18-24(22,23)15-11-19(12-15)16(21)14-6-3-2-4-7-14/h2-9,13,15,18H,10-12H2,1H3/t13-/m1/s1. The third kappa shape index (κ3) is 3.65. The maximum Gasteiger partial charge on any atom is 0.253 e. The Labute approximate surface area is 141 Å². The number of carbonyl (C=O) groups excluding carboxylic acids is 1. The van der Waals surface area contributed by atoms with Gasteiger partial charge in [0, 0.05) is 37.1 Å². The molecule has 0 radical (unpaired) electrons. The van der Waals surface area contributed by atoms with E-state index in [1.54, 1.807) is 59.2 Å². The highest BCUT2D eigenvalue weighted by Crippen LogP contribution is 2.19. The van der Waals surface area contributed by atoms with Crippen molar-refractivity contribution in [2.75, 3.05) is 13.1 Å². The lowest BCUT2D eigenvalue weighted by Crippen LogP contribution is -2.60. The van der Waals surface area contributed by atoms with Gasteiger partial charge in [-0.1, -0.05) is 18.2 Å². The van der Waals surface area contributed by atoms with Gasteiger partial charge in [0.05, 0.1) is 6.54 Å². The fourth-order valence-corrected chi connectivity index (χ4v) is 4.25. The van der Waals surface area contributed by atoms with E-state index < -0.39 is 15.3 Å². The molecule has 1 N–H and O–H groups in total. The third-order valence-corrected chi connectivity index (χ3v) is 5.89. The Hall–Kier alpha value is -2.19. The van der Waals surface area contributed by atoms with E-state index >= 15 is 0 Å². The molecule has 128 valence electrons. The minimum absolute atomic E-state index is 0.133. The number of carbonyl (C=O) groups is 1. The Morgan fingerprint density at radius 1 is 1.29 bits per heavy atom. The van der Waals surface area contributed by atoms with Crippen molar-refractivity contribution in [3.05, 3.63) is 54.4 Å². The molecule has 7 nitrogen and oxygen atoms in total. The van der Waals surface area contributed by atoms with Crippen molar-refractivity contribution in [3.63, 3.8) is 0 Å². The summed E-state index contributed by atoms with van der Waals surface area (Å²) in [6, 6.07) is 10.4. The van der Waals surface area contributed by atoms with E-state index in [9.17, 15) is 13.2 Å². The van der Waals surface area contributed by atoms with Gasteiger partial charge in [-0.15, -0.1) is 0 Å². The number of benzene rings is 1. The molecular formula is C16H20N4O3S. The van der Waals surface area contributed by atoms with Crippen molar-refractivity contribution in [3.8, 4) is 0 Å². The molecule has 1 saturated heterocycles. The van der Waals surface area contributed by atoms with Crippen LogP contribution in [-0.4, -0.2) is 53.4 Å². The van der Waals surface area contributed by atoms with Crippen LogP contribution in [0.1, 0.15) is 17.3 Å². The lowest BCUT2D eigenvalue weighted by molar-refractivity contribution is 0.0658. The fraction of sp³-hybridized carbons (Fsp3) is 0.375. The molecular weight excluding hydrogens is 328 g/mol. The smallest absolute Gasteiger partial charge is 0.253 e. The molecule has 2 heterocycles. The molecule has 8 heteroatoms. The van der Waals surface area contributed by atoms with Gasteiger partial charge in [-0.05, 0) is 25.1 Å². The summed E-state index contributed by atoms with van der Waals surface area (Å²) >= 11 is 0. The average Bonchev–Trinajstić information content (AvgIpc) is 2.98. The topological polar surface area (TPSA) is 84.3 Å². The molecule has 0 bridgehead atoms. The van der Waals surface area contributed by atoms with Gasteiger partial charge in [-0.2, -0.15) is 5.10 Å². The summed E-state index contributed by atoms with van der Waals surface area (Å²) in [6.45, 7) is 2.70. The number of rotatable bonds is 6. The van der Waals surface area contributed by atoms with Crippen molar-refractivity contribution >= 4 is 15.9 Å². The van der Waals surface area contributed by atoms with Gasteiger partial charge in [-0.25, -0.2) is 13.1 Å². The van der Waals surface area contributed by atoms with Gasteiger partial charge in [0.15, 0.2) is 0 Å². The van der Waals surface area contributed by atoms with E-state index in [0.717, 1.165) is 0 Å². The van der Waals surface area contributed by atoms with Crippen LogP contribution in [0, 0.1) is 0 Å². The van der Waals surface area contributed by atoms with Crippen molar-refractivity contribution in [1.82, 2.24) is 19.4 Å². The first-order valence-electron chi connectivity index (χ1n) is 7.78. The molecule has 3 rings (SSSR count). The number of amides is 1. The van der Waals surface area contributed by atoms with Crippen molar-refractivity contribution in [2.24, 2.45) is 0 Å². The van der Waals surface area contributed by atoms with Crippen LogP contribution in [0.2, 0.25) is 0 Å². The van der Waals surface area contributed by atoms with Crippen molar-refractivity contribution in [1.29, 1.82) is 0 Å². The molecule has 1 amide bonds. The second-order valence-electron chi connectivity index (χ2n) is 5.99. The summed E-state index contributed by atoms with van der Waals surface area (Å²) in [6.07, 6.45) is 3.44. The summed E-state index contributed by atoms with van der Waals surface area (Å²) in [4.78, 5) is 13.8. The van der Waals surface area contributed by atoms with Gasteiger partial charge in [0.25, 0.3) is 5.91 Å². The zero-order chi connectivity index (χ0) is 17.2. The minimum Gasteiger partial charge on any atom is -0.336 e. The molecule has 0 saturated carbocycles. The van der Waals surface area contributed by atoms with Crippen molar-refractivity contribution < 1.29 is 13.2 Å². The SMILES string of the molecule is C[C@H](Cn1cccn1)NS(=O)(=O)C1CN(C(=O)c2ccccc2)C1. The normalized spacial score (nSPS) is 16.6. The molecule has 1 aliphatic heterocycles. The van der Waals surface area contributed by atoms with E-state index in [0.29, 0.717) is 12.1 Å². The first kappa shape index (κ1) is 16.7. The van der Waals surface area contributed by atoms with Crippen LogP contribution < -0.4 is 4.72 Å². The molecule has 1 aromatic heterocycles. The maximum absolute atomic E-state index is 12.4. The number of sulfonamides is 1. The largest absolute Gasteiger partial charge is 0.336 e. The summed E-state index contributed by atoms with van der Waals surface area (Å²) in [5.74, 6) is -0.133. The zero-order valence-corrected chi connectivity index (χ0v) is 14.2. The number of hydrogen-bond acceptors (Lipinski definition) is 4. The highest BCUT2D eigenvalue weighted by molar-refractivity contribution is 7.90. The predicted molar refractivity (Wildman–Crippen MR) is 89.9 cm³/mol. The fourth-order valence-electron chi connectivity index (χ4n) is 2.67. The lowest BCUT2D eigenvalue weighted by atomic mass is 10.1. The van der Waals surface area contributed by atoms with Gasteiger partial charge >= 0.3 is 0 Å². The Balaban J connectivity index is 1.53. The molecule has 1 atom stereocenters. The van der Waals surface area contributed by atoms with Crippen LogP contribution >= 0.6 is 0 Å². The number of nitrogens with zero attached hydrogens (tertiary/aromatic N) is 3. The summed E-state index contributed by atoms with van der Waals surface area (Å²) in [7, 11) is -3.46. The van der Waals surface area contributed by atoms with E-state index in [-0.39, 0.29) is 25.0 Å². The molecule has 24 heavy (non-hydrogen) atoms. The van der Waals surface area contributed by atoms with E-state index in [1.165, 1.54) is 0 Å². The molecule has 0 unspecified atom stereocenters. The number of hydrogen-bond donors (Lipinski definition) is 1. The van der Waals surface area contributed by atoms with Gasteiger partial charge in [0.2, 0.25) is 10.0 Å². The molecule has 1 fully saturated rings.